The maximum Gasteiger partial charge on any atom is 0.410 e. The van der Waals surface area contributed by atoms with Crippen LogP contribution in [0.25, 0.3) is 41.8 Å². The minimum atomic E-state index is -5.66. The summed E-state index contributed by atoms with van der Waals surface area (Å²) in [6.45, 7) is 12.6. The molecule has 0 unspecified atom stereocenters. The summed E-state index contributed by atoms with van der Waals surface area (Å²) in [5, 5.41) is 0. The first-order valence-electron chi connectivity index (χ1n) is 18.1. The molecule has 296 valence electrons. The van der Waals surface area contributed by atoms with Crippen molar-refractivity contribution in [3.8, 4) is 36.4 Å². The third kappa shape index (κ3) is 6.85. The van der Waals surface area contributed by atoms with Gasteiger partial charge in [0.05, 0.1) is 0 Å². The number of pyridine rings is 1. The van der Waals surface area contributed by atoms with Crippen LogP contribution >= 0.6 is 34.0 Å². The number of alkyl halides is 6. The summed E-state index contributed by atoms with van der Waals surface area (Å²) >= 11 is 3.60. The minimum absolute atomic E-state index is 0.0640. The van der Waals surface area contributed by atoms with Gasteiger partial charge in [-0.15, -0.1) is 34.0 Å². The van der Waals surface area contributed by atoms with Crippen LogP contribution in [0.5, 0.6) is 5.75 Å². The van der Waals surface area contributed by atoms with Gasteiger partial charge in [0.15, 0.2) is 0 Å². The highest BCUT2D eigenvalue weighted by Crippen LogP contribution is 2.67. The monoisotopic (exact) mass is 830 g/mol. The number of carbonyl (C=O) groups is 1. The van der Waals surface area contributed by atoms with Crippen molar-refractivity contribution in [3.63, 3.8) is 0 Å². The van der Waals surface area contributed by atoms with Crippen LogP contribution < -0.4 is 4.74 Å². The normalized spacial score (nSPS) is 18.1. The Balaban J connectivity index is 1.17. The Kier molecular flexibility index (Phi) is 10.3. The van der Waals surface area contributed by atoms with Crippen molar-refractivity contribution in [1.82, 2.24) is 9.88 Å². The standard InChI is InChI=1S/C42H40F6N2O3S3/c1-22-32(24(3)54-36(22)27-14-18-49-19-15-27)34-35(41(45,46)42(47,48)40(34,43)44)33-23(2)37(55-25(33)4)31-13-12-30(56-31)26-8-10-28(11-9-26)52-29-16-20-50(21-17-29)38(51)53-39(5,6)7/h8-15,18-19,29H,16-17,20-21H2,1-7H3. The lowest BCUT2D eigenvalue weighted by Gasteiger charge is -2.33. The Labute approximate surface area is 333 Å². The fourth-order valence-electron chi connectivity index (χ4n) is 7.43. The lowest BCUT2D eigenvalue weighted by molar-refractivity contribution is -0.254. The third-order valence-corrected chi connectivity index (χ3v) is 13.9. The number of piperidine rings is 1. The summed E-state index contributed by atoms with van der Waals surface area (Å²) in [7, 11) is 0. The number of benzene rings is 1. The average molecular weight is 831 g/mol. The van der Waals surface area contributed by atoms with Gasteiger partial charge in [0, 0.05) is 89.9 Å². The van der Waals surface area contributed by atoms with Crippen molar-refractivity contribution < 1.29 is 40.6 Å². The molecule has 56 heavy (non-hydrogen) atoms. The van der Waals surface area contributed by atoms with Gasteiger partial charge in [0.2, 0.25) is 0 Å². The third-order valence-electron chi connectivity index (χ3n) is 10.1. The van der Waals surface area contributed by atoms with E-state index in [4.69, 9.17) is 9.47 Å². The maximum atomic E-state index is 16.1. The van der Waals surface area contributed by atoms with E-state index in [9.17, 15) is 4.79 Å². The molecule has 0 spiro atoms. The molecule has 5 aromatic rings. The molecule has 7 rings (SSSR count). The van der Waals surface area contributed by atoms with Crippen molar-refractivity contribution in [1.29, 1.82) is 0 Å². The van der Waals surface area contributed by atoms with Crippen LogP contribution in [0.2, 0.25) is 0 Å². The molecule has 1 aromatic carbocycles. The molecule has 4 aromatic heterocycles. The highest BCUT2D eigenvalue weighted by Gasteiger charge is 2.80. The van der Waals surface area contributed by atoms with E-state index in [1.807, 2.05) is 57.2 Å². The number of amides is 1. The Morgan fingerprint density at radius 1 is 0.714 bits per heavy atom. The van der Waals surface area contributed by atoms with Gasteiger partial charge in [-0.2, -0.15) is 26.3 Å². The van der Waals surface area contributed by atoms with Crippen molar-refractivity contribution in [2.24, 2.45) is 0 Å². The predicted octanol–water partition coefficient (Wildman–Crippen LogP) is 13.1. The minimum Gasteiger partial charge on any atom is -0.490 e. The second kappa shape index (κ2) is 14.4. The zero-order chi connectivity index (χ0) is 40.5. The summed E-state index contributed by atoms with van der Waals surface area (Å²) in [4.78, 5) is 21.2. The fraction of sp³-hybridized carbons (Fsp3) is 0.381. The van der Waals surface area contributed by atoms with E-state index in [1.165, 1.54) is 51.4 Å². The number of rotatable bonds is 7. The van der Waals surface area contributed by atoms with E-state index in [0.29, 0.717) is 51.9 Å². The molecule has 1 fully saturated rings. The first-order valence-corrected chi connectivity index (χ1v) is 20.5. The molecule has 1 amide bonds. The Morgan fingerprint density at radius 2 is 1.23 bits per heavy atom. The molecular weight excluding hydrogens is 791 g/mol. The molecule has 5 nitrogen and oxygen atoms in total. The first-order chi connectivity index (χ1) is 26.2. The molecule has 0 atom stereocenters. The van der Waals surface area contributed by atoms with Crippen molar-refractivity contribution in [3.05, 3.63) is 92.9 Å². The van der Waals surface area contributed by atoms with Crippen LogP contribution in [-0.4, -0.2) is 58.5 Å². The quantitative estimate of drug-likeness (QED) is 0.153. The number of allylic oxidation sites excluding steroid dienone is 2. The topological polar surface area (TPSA) is 51.7 Å². The van der Waals surface area contributed by atoms with Crippen LogP contribution in [-0.2, 0) is 4.74 Å². The van der Waals surface area contributed by atoms with Crippen LogP contribution in [0.15, 0.2) is 60.9 Å². The van der Waals surface area contributed by atoms with E-state index >= 15 is 26.3 Å². The number of nitrogens with zero attached hydrogens (tertiary/aromatic N) is 2. The van der Waals surface area contributed by atoms with E-state index in [2.05, 4.69) is 4.98 Å². The molecule has 1 saturated heterocycles. The van der Waals surface area contributed by atoms with Gasteiger partial charge in [-0.05, 0) is 119 Å². The lowest BCUT2D eigenvalue weighted by Crippen LogP contribution is -2.49. The largest absolute Gasteiger partial charge is 0.490 e. The van der Waals surface area contributed by atoms with Crippen LogP contribution in [0, 0.1) is 27.7 Å². The smallest absolute Gasteiger partial charge is 0.410 e. The number of halogens is 6. The van der Waals surface area contributed by atoms with Crippen LogP contribution in [0.1, 0.15) is 65.6 Å². The summed E-state index contributed by atoms with van der Waals surface area (Å²) in [6.07, 6.45) is 3.96. The summed E-state index contributed by atoms with van der Waals surface area (Å²) in [5.74, 6) is -15.3. The van der Waals surface area contributed by atoms with Crippen LogP contribution in [0.3, 0.4) is 0 Å². The Hall–Kier alpha value is -4.14. The van der Waals surface area contributed by atoms with Crippen molar-refractivity contribution in [2.45, 2.75) is 90.8 Å². The molecule has 0 radical (unpaired) electrons. The van der Waals surface area contributed by atoms with Crippen LogP contribution in [0.4, 0.5) is 31.1 Å². The van der Waals surface area contributed by atoms with Gasteiger partial charge in [-0.3, -0.25) is 4.98 Å². The van der Waals surface area contributed by atoms with Gasteiger partial charge in [0.25, 0.3) is 0 Å². The highest BCUT2D eigenvalue weighted by molar-refractivity contribution is 7.24. The van der Waals surface area contributed by atoms with Gasteiger partial charge >= 0.3 is 23.9 Å². The molecule has 0 saturated carbocycles. The van der Waals surface area contributed by atoms with E-state index in [-0.39, 0.29) is 44.2 Å². The number of aromatic nitrogens is 1. The fourth-order valence-corrected chi connectivity index (χ4v) is 11.0. The highest BCUT2D eigenvalue weighted by atomic mass is 32.1. The molecule has 2 aliphatic rings. The summed E-state index contributed by atoms with van der Waals surface area (Å²) < 4.78 is 107. The first kappa shape index (κ1) is 40.1. The lowest BCUT2D eigenvalue weighted by atomic mass is 9.90. The van der Waals surface area contributed by atoms with Crippen molar-refractivity contribution >= 4 is 51.2 Å². The van der Waals surface area contributed by atoms with Gasteiger partial charge in [-0.1, -0.05) is 0 Å². The predicted molar refractivity (Wildman–Crippen MR) is 213 cm³/mol. The van der Waals surface area contributed by atoms with Gasteiger partial charge in [0.1, 0.15) is 17.5 Å². The van der Waals surface area contributed by atoms with E-state index in [1.54, 1.807) is 17.0 Å². The number of likely N-dealkylation sites (tertiary alicyclic amines) is 1. The SMILES string of the molecule is Cc1sc(-c2ccncc2)c(C)c1C1=C(c2c(C)sc(-c3ccc(-c4ccc(OC5CCN(C(=O)OC(C)(C)C)CC5)cc4)s3)c2C)C(F)(F)C(F)(F)C1(F)F. The number of thiophene rings is 3. The number of ether oxygens (including phenoxy) is 2. The van der Waals surface area contributed by atoms with Gasteiger partial charge in [-0.25, -0.2) is 4.79 Å². The molecule has 0 bridgehead atoms. The van der Waals surface area contributed by atoms with Gasteiger partial charge < -0.3 is 14.4 Å². The number of carbonyl (C=O) groups excluding carboxylic acids is 1. The molecule has 1 aliphatic heterocycles. The molecular formula is C42H40F6N2O3S3. The second-order valence-electron chi connectivity index (χ2n) is 15.2. The van der Waals surface area contributed by atoms with Crippen molar-refractivity contribution in [2.75, 3.05) is 13.1 Å². The summed E-state index contributed by atoms with van der Waals surface area (Å²) in [6, 6.07) is 14.6. The van der Waals surface area contributed by atoms with E-state index < -0.39 is 34.5 Å². The summed E-state index contributed by atoms with van der Waals surface area (Å²) in [5.41, 5.74) is -1.79. The Morgan fingerprint density at radius 3 is 1.79 bits per heavy atom. The number of hydrogen-bond acceptors (Lipinski definition) is 7. The Bertz CT molecular complexity index is 2310. The molecule has 0 N–H and O–H groups in total. The zero-order valence-corrected chi connectivity index (χ0v) is 34.2. The molecule has 14 heteroatoms. The molecule has 5 heterocycles. The number of aryl methyl sites for hydroxylation is 2. The number of hydrogen-bond donors (Lipinski definition) is 0. The second-order valence-corrected chi connectivity index (χ2v) is 18.7. The molecule has 1 aliphatic carbocycles. The maximum absolute atomic E-state index is 16.1. The zero-order valence-electron chi connectivity index (χ0n) is 31.8. The van der Waals surface area contributed by atoms with E-state index in [0.717, 1.165) is 33.1 Å². The average Bonchev–Trinajstić information content (AvgIpc) is 3.84.